The van der Waals surface area contributed by atoms with E-state index in [4.69, 9.17) is 5.73 Å². The van der Waals surface area contributed by atoms with Crippen molar-refractivity contribution in [3.8, 4) is 0 Å². The van der Waals surface area contributed by atoms with Crippen molar-refractivity contribution in [2.45, 2.75) is 77.2 Å². The maximum Gasteiger partial charge on any atom is 0.0282 e. The Balaban J connectivity index is 1.91. The minimum atomic E-state index is 0.379. The second-order valence-corrected chi connectivity index (χ2v) is 6.11. The molecule has 1 nitrogen and oxygen atoms in total. The normalized spacial score (nSPS) is 32.7. The van der Waals surface area contributed by atoms with E-state index in [0.29, 0.717) is 6.04 Å². The van der Waals surface area contributed by atoms with Crippen molar-refractivity contribution in [3.05, 3.63) is 11.6 Å². The van der Waals surface area contributed by atoms with E-state index in [2.05, 4.69) is 13.0 Å². The smallest absolute Gasteiger partial charge is 0.0282 e. The molecule has 1 saturated carbocycles. The van der Waals surface area contributed by atoms with Gasteiger partial charge in [0.15, 0.2) is 0 Å². The lowest BCUT2D eigenvalue weighted by molar-refractivity contribution is 0.427. The Kier molecular flexibility index (Phi) is 5.09. The first-order valence-electron chi connectivity index (χ1n) is 7.75. The molecule has 1 heteroatoms. The molecule has 0 heterocycles. The minimum Gasteiger partial charge on any atom is -0.324 e. The average Bonchev–Trinajstić information content (AvgIpc) is 2.76. The van der Waals surface area contributed by atoms with Crippen molar-refractivity contribution in [1.82, 2.24) is 0 Å². The van der Waals surface area contributed by atoms with Gasteiger partial charge in [-0.3, -0.25) is 0 Å². The third-order valence-corrected chi connectivity index (χ3v) is 4.92. The van der Waals surface area contributed by atoms with Gasteiger partial charge in [0.05, 0.1) is 0 Å². The Morgan fingerprint density at radius 3 is 2.82 bits per heavy atom. The molecular formula is C16H29N. The molecule has 0 bridgehead atoms. The first-order valence-corrected chi connectivity index (χ1v) is 7.75. The molecule has 2 rings (SSSR count). The van der Waals surface area contributed by atoms with Crippen LogP contribution in [0.4, 0.5) is 0 Å². The topological polar surface area (TPSA) is 26.0 Å². The molecule has 2 aliphatic carbocycles. The lowest BCUT2D eigenvalue weighted by Gasteiger charge is -2.24. The summed E-state index contributed by atoms with van der Waals surface area (Å²) >= 11 is 0. The van der Waals surface area contributed by atoms with E-state index < -0.39 is 0 Å². The van der Waals surface area contributed by atoms with Crippen LogP contribution in [0.2, 0.25) is 0 Å². The number of allylic oxidation sites excluding steroid dienone is 1. The summed E-state index contributed by atoms with van der Waals surface area (Å²) in [6.45, 7) is 2.33. The van der Waals surface area contributed by atoms with E-state index in [1.807, 2.05) is 0 Å². The van der Waals surface area contributed by atoms with Crippen LogP contribution in [0, 0.1) is 11.8 Å². The van der Waals surface area contributed by atoms with Crippen LogP contribution in [-0.2, 0) is 0 Å². The molecule has 17 heavy (non-hydrogen) atoms. The summed E-state index contributed by atoms with van der Waals surface area (Å²) < 4.78 is 0. The molecule has 0 spiro atoms. The Bertz CT molecular complexity index is 256. The molecular weight excluding hydrogens is 206 g/mol. The molecule has 1 fully saturated rings. The fourth-order valence-electron chi connectivity index (χ4n) is 3.63. The maximum absolute atomic E-state index is 6.52. The highest BCUT2D eigenvalue weighted by atomic mass is 14.7. The quantitative estimate of drug-likeness (QED) is 0.720. The van der Waals surface area contributed by atoms with Crippen molar-refractivity contribution in [1.29, 1.82) is 0 Å². The zero-order chi connectivity index (χ0) is 12.1. The third kappa shape index (κ3) is 3.58. The minimum absolute atomic E-state index is 0.379. The largest absolute Gasteiger partial charge is 0.324 e. The van der Waals surface area contributed by atoms with E-state index in [0.717, 1.165) is 11.8 Å². The van der Waals surface area contributed by atoms with Crippen molar-refractivity contribution in [3.63, 3.8) is 0 Å². The van der Waals surface area contributed by atoms with Gasteiger partial charge in [0.25, 0.3) is 0 Å². The first-order chi connectivity index (χ1) is 8.31. The summed E-state index contributed by atoms with van der Waals surface area (Å²) in [7, 11) is 0. The van der Waals surface area contributed by atoms with Gasteiger partial charge < -0.3 is 5.73 Å². The molecule has 0 saturated heterocycles. The Morgan fingerprint density at radius 2 is 2.06 bits per heavy atom. The van der Waals surface area contributed by atoms with E-state index in [1.54, 1.807) is 5.57 Å². The van der Waals surface area contributed by atoms with E-state index >= 15 is 0 Å². The van der Waals surface area contributed by atoms with Gasteiger partial charge >= 0.3 is 0 Å². The highest BCUT2D eigenvalue weighted by Gasteiger charge is 2.29. The van der Waals surface area contributed by atoms with E-state index in [1.165, 1.54) is 64.2 Å². The Morgan fingerprint density at radius 1 is 1.24 bits per heavy atom. The average molecular weight is 235 g/mol. The standard InChI is InChI=1S/C16H29N/c1-2-13-10-11-15(12-13)16(17)14-8-6-4-3-5-7-9-14/h8,13,15-16H,2-7,9-12,17H2,1H3. The van der Waals surface area contributed by atoms with Gasteiger partial charge in [0.1, 0.15) is 0 Å². The van der Waals surface area contributed by atoms with Crippen molar-refractivity contribution < 1.29 is 0 Å². The lowest BCUT2D eigenvalue weighted by atomic mass is 9.86. The SMILES string of the molecule is CCC1CCC(C(N)C2=CCCCCCC2)C1. The molecule has 2 N–H and O–H groups in total. The molecule has 0 aromatic rings. The summed E-state index contributed by atoms with van der Waals surface area (Å²) in [6.07, 6.45) is 16.1. The molecule has 0 aliphatic heterocycles. The Labute approximate surface area is 107 Å². The number of hydrogen-bond donors (Lipinski definition) is 1. The van der Waals surface area contributed by atoms with Crippen LogP contribution in [0.1, 0.15) is 71.1 Å². The summed E-state index contributed by atoms with van der Waals surface area (Å²) in [5, 5.41) is 0. The first kappa shape index (κ1) is 13.1. The molecule has 3 unspecified atom stereocenters. The van der Waals surface area contributed by atoms with Crippen molar-refractivity contribution in [2.75, 3.05) is 0 Å². The molecule has 0 amide bonds. The Hall–Kier alpha value is -0.300. The van der Waals surface area contributed by atoms with Gasteiger partial charge in [-0.1, -0.05) is 44.3 Å². The van der Waals surface area contributed by atoms with Crippen LogP contribution >= 0.6 is 0 Å². The number of nitrogens with two attached hydrogens (primary N) is 1. The highest BCUT2D eigenvalue weighted by molar-refractivity contribution is 5.13. The van der Waals surface area contributed by atoms with Crippen LogP contribution in [0.25, 0.3) is 0 Å². The summed E-state index contributed by atoms with van der Waals surface area (Å²) in [5.74, 6) is 1.74. The predicted molar refractivity (Wildman–Crippen MR) is 74.9 cm³/mol. The molecule has 0 aromatic heterocycles. The van der Waals surface area contributed by atoms with Gasteiger partial charge in [-0.25, -0.2) is 0 Å². The van der Waals surface area contributed by atoms with Crippen molar-refractivity contribution in [2.24, 2.45) is 17.6 Å². The fraction of sp³-hybridized carbons (Fsp3) is 0.875. The summed E-state index contributed by atoms with van der Waals surface area (Å²) in [5.41, 5.74) is 8.11. The zero-order valence-electron chi connectivity index (χ0n) is 11.5. The summed E-state index contributed by atoms with van der Waals surface area (Å²) in [6, 6.07) is 0.379. The summed E-state index contributed by atoms with van der Waals surface area (Å²) in [4.78, 5) is 0. The van der Waals surface area contributed by atoms with Crippen LogP contribution in [0.15, 0.2) is 11.6 Å². The van der Waals surface area contributed by atoms with E-state index in [-0.39, 0.29) is 0 Å². The maximum atomic E-state index is 6.52. The zero-order valence-corrected chi connectivity index (χ0v) is 11.5. The van der Waals surface area contributed by atoms with E-state index in [9.17, 15) is 0 Å². The van der Waals surface area contributed by atoms with Crippen molar-refractivity contribution >= 4 is 0 Å². The number of rotatable bonds is 3. The van der Waals surface area contributed by atoms with Gasteiger partial charge in [-0.2, -0.15) is 0 Å². The monoisotopic (exact) mass is 235 g/mol. The van der Waals surface area contributed by atoms with Gasteiger partial charge in [-0.05, 0) is 50.4 Å². The third-order valence-electron chi connectivity index (χ3n) is 4.92. The van der Waals surface area contributed by atoms with Crippen LogP contribution < -0.4 is 5.73 Å². The van der Waals surface area contributed by atoms with Gasteiger partial charge in [0, 0.05) is 6.04 Å². The highest BCUT2D eigenvalue weighted by Crippen LogP contribution is 2.37. The van der Waals surface area contributed by atoms with Crippen LogP contribution in [0.5, 0.6) is 0 Å². The lowest BCUT2D eigenvalue weighted by Crippen LogP contribution is -2.31. The second kappa shape index (κ2) is 6.58. The van der Waals surface area contributed by atoms with Crippen LogP contribution in [-0.4, -0.2) is 6.04 Å². The molecule has 0 aromatic carbocycles. The molecule has 0 radical (unpaired) electrons. The number of hydrogen-bond acceptors (Lipinski definition) is 1. The van der Waals surface area contributed by atoms with Gasteiger partial charge in [-0.15, -0.1) is 0 Å². The fourth-order valence-corrected chi connectivity index (χ4v) is 3.63. The van der Waals surface area contributed by atoms with Gasteiger partial charge in [0.2, 0.25) is 0 Å². The molecule has 98 valence electrons. The molecule has 2 aliphatic rings. The second-order valence-electron chi connectivity index (χ2n) is 6.11. The molecule has 3 atom stereocenters. The van der Waals surface area contributed by atoms with Crippen LogP contribution in [0.3, 0.4) is 0 Å². The predicted octanol–water partition coefficient (Wildman–Crippen LogP) is 4.42.